The second-order valence-corrected chi connectivity index (χ2v) is 5.71. The van der Waals surface area contributed by atoms with Gasteiger partial charge in [0.25, 0.3) is 0 Å². The first-order valence-corrected chi connectivity index (χ1v) is 7.33. The molecule has 0 fully saturated rings. The SMILES string of the molecule is CCCCCCNCCC(C)S(C)=O. The van der Waals surface area contributed by atoms with Crippen molar-refractivity contribution < 1.29 is 4.21 Å². The van der Waals surface area contributed by atoms with Crippen LogP contribution in [0.25, 0.3) is 0 Å². The van der Waals surface area contributed by atoms with Crippen LogP contribution >= 0.6 is 0 Å². The number of nitrogens with one attached hydrogen (secondary N) is 1. The highest BCUT2D eigenvalue weighted by molar-refractivity contribution is 7.84. The summed E-state index contributed by atoms with van der Waals surface area (Å²) in [5, 5.41) is 3.73. The van der Waals surface area contributed by atoms with Gasteiger partial charge in [-0.05, 0) is 25.9 Å². The summed E-state index contributed by atoms with van der Waals surface area (Å²) in [5.74, 6) is 0. The molecular formula is C11H25NOS. The lowest BCUT2D eigenvalue weighted by Gasteiger charge is -2.08. The minimum Gasteiger partial charge on any atom is -0.317 e. The summed E-state index contributed by atoms with van der Waals surface area (Å²) >= 11 is 0. The molecule has 2 atom stereocenters. The molecule has 0 saturated carbocycles. The quantitative estimate of drug-likeness (QED) is 0.603. The van der Waals surface area contributed by atoms with Crippen LogP contribution in [0.3, 0.4) is 0 Å². The maximum Gasteiger partial charge on any atom is 0.0329 e. The summed E-state index contributed by atoms with van der Waals surface area (Å²) in [7, 11) is -0.661. The molecule has 86 valence electrons. The highest BCUT2D eigenvalue weighted by atomic mass is 32.2. The molecule has 2 unspecified atom stereocenters. The minimum absolute atomic E-state index is 0.332. The zero-order valence-electron chi connectivity index (χ0n) is 9.84. The largest absolute Gasteiger partial charge is 0.317 e. The third kappa shape index (κ3) is 8.70. The molecule has 1 N–H and O–H groups in total. The zero-order valence-corrected chi connectivity index (χ0v) is 10.7. The van der Waals surface area contributed by atoms with Crippen LogP contribution in [0.5, 0.6) is 0 Å². The van der Waals surface area contributed by atoms with Crippen LogP contribution in [0.4, 0.5) is 0 Å². The Kier molecular flexibility index (Phi) is 9.73. The predicted octanol–water partition coefficient (Wildman–Crippen LogP) is 2.31. The Labute approximate surface area is 91.3 Å². The van der Waals surface area contributed by atoms with Gasteiger partial charge in [-0.25, -0.2) is 0 Å². The summed E-state index contributed by atoms with van der Waals surface area (Å²) in [6.07, 6.45) is 8.06. The Balaban J connectivity index is 3.09. The molecule has 0 heterocycles. The van der Waals surface area contributed by atoms with Gasteiger partial charge in [0.05, 0.1) is 0 Å². The molecule has 0 aromatic carbocycles. The number of hydrogen-bond donors (Lipinski definition) is 1. The number of hydrogen-bond acceptors (Lipinski definition) is 2. The van der Waals surface area contributed by atoms with Crippen molar-refractivity contribution >= 4 is 10.8 Å². The van der Waals surface area contributed by atoms with E-state index in [2.05, 4.69) is 19.2 Å². The van der Waals surface area contributed by atoms with Crippen molar-refractivity contribution in [3.05, 3.63) is 0 Å². The van der Waals surface area contributed by atoms with Gasteiger partial charge in [0.1, 0.15) is 0 Å². The van der Waals surface area contributed by atoms with Crippen LogP contribution in [0, 0.1) is 0 Å². The summed E-state index contributed by atoms with van der Waals surface area (Å²) in [6, 6.07) is 0. The molecule has 2 nitrogen and oxygen atoms in total. The predicted molar refractivity (Wildman–Crippen MR) is 65.2 cm³/mol. The average Bonchev–Trinajstić information content (AvgIpc) is 2.16. The highest BCUT2D eigenvalue weighted by Gasteiger charge is 2.04. The fraction of sp³-hybridized carbons (Fsp3) is 1.00. The van der Waals surface area contributed by atoms with Gasteiger partial charge in [0, 0.05) is 22.3 Å². The summed E-state index contributed by atoms with van der Waals surface area (Å²) < 4.78 is 11.0. The lowest BCUT2D eigenvalue weighted by atomic mass is 10.2. The molecule has 0 aliphatic carbocycles. The second-order valence-electron chi connectivity index (χ2n) is 3.91. The van der Waals surface area contributed by atoms with E-state index in [1.54, 1.807) is 6.26 Å². The maximum absolute atomic E-state index is 11.0. The first kappa shape index (κ1) is 14.1. The molecular weight excluding hydrogens is 194 g/mol. The second kappa shape index (κ2) is 9.66. The van der Waals surface area contributed by atoms with E-state index in [-0.39, 0.29) is 0 Å². The van der Waals surface area contributed by atoms with Crippen LogP contribution in [-0.2, 0) is 10.8 Å². The van der Waals surface area contributed by atoms with E-state index < -0.39 is 10.8 Å². The Morgan fingerprint density at radius 1 is 1.21 bits per heavy atom. The molecule has 0 aromatic rings. The van der Waals surface area contributed by atoms with Crippen molar-refractivity contribution in [1.29, 1.82) is 0 Å². The van der Waals surface area contributed by atoms with E-state index in [1.807, 2.05) is 0 Å². The fourth-order valence-corrected chi connectivity index (χ4v) is 1.72. The van der Waals surface area contributed by atoms with Crippen LogP contribution < -0.4 is 5.32 Å². The maximum atomic E-state index is 11.0. The summed E-state index contributed by atoms with van der Waals surface area (Å²) in [4.78, 5) is 0. The monoisotopic (exact) mass is 219 g/mol. The minimum atomic E-state index is -0.661. The van der Waals surface area contributed by atoms with Crippen LogP contribution in [0.15, 0.2) is 0 Å². The Bertz CT molecular complexity index is 150. The van der Waals surface area contributed by atoms with Gasteiger partial charge in [0.15, 0.2) is 0 Å². The van der Waals surface area contributed by atoms with Crippen LogP contribution in [0.2, 0.25) is 0 Å². The molecule has 14 heavy (non-hydrogen) atoms. The van der Waals surface area contributed by atoms with Gasteiger partial charge in [-0.15, -0.1) is 0 Å². The van der Waals surface area contributed by atoms with Gasteiger partial charge in [-0.2, -0.15) is 0 Å². The smallest absolute Gasteiger partial charge is 0.0329 e. The molecule has 0 aliphatic rings. The molecule has 0 bridgehead atoms. The third-order valence-corrected chi connectivity index (χ3v) is 3.87. The number of unbranched alkanes of at least 4 members (excludes halogenated alkanes) is 3. The van der Waals surface area contributed by atoms with Crippen molar-refractivity contribution in [2.75, 3.05) is 19.3 Å². The highest BCUT2D eigenvalue weighted by Crippen LogP contribution is 1.99. The zero-order chi connectivity index (χ0) is 10.8. The first-order chi connectivity index (χ1) is 6.68. The van der Waals surface area contributed by atoms with Gasteiger partial charge in [-0.3, -0.25) is 4.21 Å². The molecule has 0 aliphatic heterocycles. The summed E-state index contributed by atoms with van der Waals surface area (Å²) in [5.41, 5.74) is 0. The fourth-order valence-electron chi connectivity index (χ4n) is 1.27. The Morgan fingerprint density at radius 3 is 2.50 bits per heavy atom. The van der Waals surface area contributed by atoms with Crippen LogP contribution in [-0.4, -0.2) is 28.8 Å². The van der Waals surface area contributed by atoms with E-state index in [1.165, 1.54) is 25.7 Å². The van der Waals surface area contributed by atoms with Crippen molar-refractivity contribution in [2.45, 2.75) is 51.2 Å². The Hall–Kier alpha value is 0.110. The van der Waals surface area contributed by atoms with Crippen LogP contribution in [0.1, 0.15) is 46.0 Å². The van der Waals surface area contributed by atoms with E-state index in [4.69, 9.17) is 0 Å². The molecule has 3 heteroatoms. The standard InChI is InChI=1S/C11H25NOS/c1-4-5-6-7-9-12-10-8-11(2)14(3)13/h11-12H,4-10H2,1-3H3. The van der Waals surface area contributed by atoms with Crippen molar-refractivity contribution in [3.8, 4) is 0 Å². The number of rotatable bonds is 9. The normalized spacial score (nSPS) is 15.4. The lowest BCUT2D eigenvalue weighted by Crippen LogP contribution is -2.22. The lowest BCUT2D eigenvalue weighted by molar-refractivity contribution is 0.581. The van der Waals surface area contributed by atoms with Gasteiger partial charge in [0.2, 0.25) is 0 Å². The van der Waals surface area contributed by atoms with Gasteiger partial charge >= 0.3 is 0 Å². The van der Waals surface area contributed by atoms with E-state index in [0.29, 0.717) is 5.25 Å². The molecule has 0 aromatic heterocycles. The van der Waals surface area contributed by atoms with Crippen molar-refractivity contribution in [3.63, 3.8) is 0 Å². The van der Waals surface area contributed by atoms with Crippen molar-refractivity contribution in [1.82, 2.24) is 5.32 Å². The van der Waals surface area contributed by atoms with Gasteiger partial charge in [-0.1, -0.05) is 33.1 Å². The van der Waals surface area contributed by atoms with E-state index in [9.17, 15) is 4.21 Å². The summed E-state index contributed by atoms with van der Waals surface area (Å²) in [6.45, 7) is 6.40. The molecule has 0 saturated heterocycles. The molecule has 0 amide bonds. The van der Waals surface area contributed by atoms with Crippen molar-refractivity contribution in [2.24, 2.45) is 0 Å². The molecule has 0 spiro atoms. The average molecular weight is 219 g/mol. The molecule has 0 radical (unpaired) electrons. The topological polar surface area (TPSA) is 29.1 Å². The van der Waals surface area contributed by atoms with E-state index in [0.717, 1.165) is 19.5 Å². The van der Waals surface area contributed by atoms with E-state index >= 15 is 0 Å². The third-order valence-electron chi connectivity index (χ3n) is 2.50. The first-order valence-electron chi connectivity index (χ1n) is 5.71. The Morgan fingerprint density at radius 2 is 1.93 bits per heavy atom. The molecule has 0 rings (SSSR count). The van der Waals surface area contributed by atoms with Gasteiger partial charge < -0.3 is 5.32 Å².